The molecule has 1 atom stereocenters. The van der Waals surface area contributed by atoms with Crippen molar-refractivity contribution < 1.29 is 19.8 Å². The van der Waals surface area contributed by atoms with Crippen LogP contribution >= 0.6 is 0 Å². The molecule has 0 bridgehead atoms. The summed E-state index contributed by atoms with van der Waals surface area (Å²) in [6.45, 7) is 3.47. The van der Waals surface area contributed by atoms with E-state index in [9.17, 15) is 14.7 Å². The number of benzene rings is 1. The Morgan fingerprint density at radius 2 is 1.71 bits per heavy atom. The van der Waals surface area contributed by atoms with Crippen LogP contribution in [0.25, 0.3) is 0 Å². The number of carboxylic acid groups (broad SMARTS) is 2. The van der Waals surface area contributed by atoms with Crippen molar-refractivity contribution in [2.45, 2.75) is 32.1 Å². The minimum Gasteiger partial charge on any atom is -0.481 e. The van der Waals surface area contributed by atoms with Crippen molar-refractivity contribution in [3.63, 3.8) is 0 Å². The predicted octanol–water partition coefficient (Wildman–Crippen LogP) is 2.20. The molecule has 1 aromatic rings. The number of aryl methyl sites for hydroxylation is 1. The zero-order valence-corrected chi connectivity index (χ0v) is 9.93. The molecule has 0 spiro atoms. The van der Waals surface area contributed by atoms with Crippen molar-refractivity contribution in [2.75, 3.05) is 0 Å². The lowest BCUT2D eigenvalue weighted by atomic mass is 9.78. The molecule has 0 aliphatic rings. The predicted molar refractivity (Wildman–Crippen MR) is 63.0 cm³/mol. The average Bonchev–Trinajstić information content (AvgIpc) is 2.26. The Morgan fingerprint density at radius 3 is 2.12 bits per heavy atom. The fourth-order valence-electron chi connectivity index (χ4n) is 1.65. The van der Waals surface area contributed by atoms with Crippen LogP contribution in [0, 0.1) is 6.92 Å². The molecule has 1 aromatic carbocycles. The normalized spacial score (nSPS) is 14.0. The lowest BCUT2D eigenvalue weighted by Gasteiger charge is -2.24. The van der Waals surface area contributed by atoms with Crippen LogP contribution in [0.4, 0.5) is 0 Å². The van der Waals surface area contributed by atoms with E-state index in [1.54, 1.807) is 19.1 Å². The van der Waals surface area contributed by atoms with E-state index in [-0.39, 0.29) is 12.8 Å². The highest BCUT2D eigenvalue weighted by Crippen LogP contribution is 2.29. The first-order valence-electron chi connectivity index (χ1n) is 5.38. The number of carbonyl (C=O) groups is 2. The summed E-state index contributed by atoms with van der Waals surface area (Å²) in [7, 11) is 0. The number of hydrogen-bond acceptors (Lipinski definition) is 2. The lowest BCUT2D eigenvalue weighted by Crippen LogP contribution is -2.33. The minimum atomic E-state index is -1.15. The van der Waals surface area contributed by atoms with Gasteiger partial charge in [-0.15, -0.1) is 0 Å². The molecule has 0 radical (unpaired) electrons. The van der Waals surface area contributed by atoms with Crippen molar-refractivity contribution >= 4 is 11.9 Å². The first kappa shape index (κ1) is 13.2. The molecule has 4 heteroatoms. The van der Waals surface area contributed by atoms with Gasteiger partial charge < -0.3 is 10.2 Å². The van der Waals surface area contributed by atoms with Crippen LogP contribution in [0.3, 0.4) is 0 Å². The lowest BCUT2D eigenvalue weighted by molar-refractivity contribution is -0.144. The monoisotopic (exact) mass is 236 g/mol. The number of aliphatic carboxylic acids is 2. The minimum absolute atomic E-state index is 0.0841. The average molecular weight is 236 g/mol. The van der Waals surface area contributed by atoms with E-state index in [0.29, 0.717) is 5.56 Å². The second-order valence-corrected chi connectivity index (χ2v) is 4.40. The second-order valence-electron chi connectivity index (χ2n) is 4.40. The van der Waals surface area contributed by atoms with Crippen molar-refractivity contribution in [3.8, 4) is 0 Å². The molecule has 0 aliphatic carbocycles. The van der Waals surface area contributed by atoms with Gasteiger partial charge in [-0.2, -0.15) is 0 Å². The van der Waals surface area contributed by atoms with E-state index >= 15 is 0 Å². The van der Waals surface area contributed by atoms with Gasteiger partial charge in [0.15, 0.2) is 0 Å². The zero-order chi connectivity index (χ0) is 13.1. The van der Waals surface area contributed by atoms with E-state index in [0.717, 1.165) is 5.56 Å². The van der Waals surface area contributed by atoms with Gasteiger partial charge in [-0.25, -0.2) is 0 Å². The molecule has 17 heavy (non-hydrogen) atoms. The quantitative estimate of drug-likeness (QED) is 0.821. The van der Waals surface area contributed by atoms with Gasteiger partial charge in [0.05, 0.1) is 5.41 Å². The Morgan fingerprint density at radius 1 is 1.18 bits per heavy atom. The van der Waals surface area contributed by atoms with Crippen LogP contribution in [0.1, 0.15) is 30.9 Å². The fourth-order valence-corrected chi connectivity index (χ4v) is 1.65. The Hall–Kier alpha value is -1.84. The van der Waals surface area contributed by atoms with Gasteiger partial charge in [0, 0.05) is 6.42 Å². The standard InChI is InChI=1S/C13H16O4/c1-9-3-5-10(6-4-9)13(2,12(16)17)8-7-11(14)15/h3-6H,7-8H2,1-2H3,(H,14,15)(H,16,17). The van der Waals surface area contributed by atoms with Crippen molar-refractivity contribution in [2.24, 2.45) is 0 Å². The summed E-state index contributed by atoms with van der Waals surface area (Å²) in [5.74, 6) is -1.98. The molecule has 0 saturated carbocycles. The molecule has 2 N–H and O–H groups in total. The molecule has 0 heterocycles. The van der Waals surface area contributed by atoms with E-state index < -0.39 is 17.4 Å². The summed E-state index contributed by atoms with van der Waals surface area (Å²) in [6.07, 6.45) is -0.0720. The highest BCUT2D eigenvalue weighted by molar-refractivity contribution is 5.81. The highest BCUT2D eigenvalue weighted by Gasteiger charge is 2.35. The van der Waals surface area contributed by atoms with Gasteiger partial charge in [0.2, 0.25) is 0 Å². The van der Waals surface area contributed by atoms with E-state index in [1.165, 1.54) is 0 Å². The van der Waals surface area contributed by atoms with Gasteiger partial charge in [-0.3, -0.25) is 9.59 Å². The summed E-state index contributed by atoms with van der Waals surface area (Å²) < 4.78 is 0. The first-order chi connectivity index (χ1) is 7.86. The van der Waals surface area contributed by atoms with Crippen LogP contribution in [-0.4, -0.2) is 22.2 Å². The van der Waals surface area contributed by atoms with E-state index in [2.05, 4.69) is 0 Å². The largest absolute Gasteiger partial charge is 0.481 e. The first-order valence-corrected chi connectivity index (χ1v) is 5.38. The molecular formula is C13H16O4. The third-order valence-corrected chi connectivity index (χ3v) is 3.00. The van der Waals surface area contributed by atoms with Gasteiger partial charge in [-0.05, 0) is 25.8 Å². The number of rotatable bonds is 5. The molecule has 0 aromatic heterocycles. The maximum Gasteiger partial charge on any atom is 0.313 e. The van der Waals surface area contributed by atoms with Gasteiger partial charge in [0.1, 0.15) is 0 Å². The molecule has 0 aliphatic heterocycles. The third kappa shape index (κ3) is 3.06. The van der Waals surface area contributed by atoms with Crippen molar-refractivity contribution in [1.29, 1.82) is 0 Å². The summed E-state index contributed by atoms with van der Waals surface area (Å²) in [5, 5.41) is 17.9. The van der Waals surface area contributed by atoms with Gasteiger partial charge in [-0.1, -0.05) is 29.8 Å². The molecule has 4 nitrogen and oxygen atoms in total. The van der Waals surface area contributed by atoms with Crippen molar-refractivity contribution in [1.82, 2.24) is 0 Å². The van der Waals surface area contributed by atoms with E-state index in [4.69, 9.17) is 5.11 Å². The topological polar surface area (TPSA) is 74.6 Å². The smallest absolute Gasteiger partial charge is 0.313 e. The Labute approximate surface area is 99.9 Å². The Balaban J connectivity index is 3.02. The Kier molecular flexibility index (Phi) is 3.89. The molecule has 0 fully saturated rings. The summed E-state index contributed by atoms with van der Waals surface area (Å²) in [5.41, 5.74) is 0.531. The third-order valence-electron chi connectivity index (χ3n) is 3.00. The number of carboxylic acids is 2. The number of hydrogen-bond donors (Lipinski definition) is 2. The highest BCUT2D eigenvalue weighted by atomic mass is 16.4. The van der Waals surface area contributed by atoms with Gasteiger partial charge >= 0.3 is 11.9 Å². The van der Waals surface area contributed by atoms with Crippen LogP contribution in [0.15, 0.2) is 24.3 Å². The molecule has 92 valence electrons. The molecule has 1 rings (SSSR count). The van der Waals surface area contributed by atoms with Crippen molar-refractivity contribution in [3.05, 3.63) is 35.4 Å². The maximum atomic E-state index is 11.3. The molecule has 1 unspecified atom stereocenters. The van der Waals surface area contributed by atoms with Crippen LogP contribution in [0.2, 0.25) is 0 Å². The molecule has 0 amide bonds. The fraction of sp³-hybridized carbons (Fsp3) is 0.385. The van der Waals surface area contributed by atoms with Crippen LogP contribution < -0.4 is 0 Å². The summed E-state index contributed by atoms with van der Waals surface area (Å²) in [6, 6.07) is 7.14. The molecular weight excluding hydrogens is 220 g/mol. The zero-order valence-electron chi connectivity index (χ0n) is 9.93. The summed E-state index contributed by atoms with van der Waals surface area (Å²) in [4.78, 5) is 21.9. The van der Waals surface area contributed by atoms with Gasteiger partial charge in [0.25, 0.3) is 0 Å². The summed E-state index contributed by atoms with van der Waals surface area (Å²) >= 11 is 0. The maximum absolute atomic E-state index is 11.3. The second kappa shape index (κ2) is 4.99. The Bertz CT molecular complexity index is 422. The van der Waals surface area contributed by atoms with E-state index in [1.807, 2.05) is 19.1 Å². The SMILES string of the molecule is Cc1ccc(C(C)(CCC(=O)O)C(=O)O)cc1. The molecule has 0 saturated heterocycles. The van der Waals surface area contributed by atoms with Crippen LogP contribution in [0.5, 0.6) is 0 Å². The van der Waals surface area contributed by atoms with Crippen LogP contribution in [-0.2, 0) is 15.0 Å².